The highest BCUT2D eigenvalue weighted by molar-refractivity contribution is 5.66. The van der Waals surface area contributed by atoms with Gasteiger partial charge in [-0.25, -0.2) is 9.97 Å². The van der Waals surface area contributed by atoms with Crippen LogP contribution in [0.2, 0.25) is 0 Å². The highest BCUT2D eigenvalue weighted by atomic mass is 16.5. The normalized spacial score (nSPS) is 16.0. The number of nitrogens with zero attached hydrogens (tertiary/aromatic N) is 2. The van der Waals surface area contributed by atoms with Gasteiger partial charge in [0.15, 0.2) is 5.75 Å². The Bertz CT molecular complexity index is 911. The zero-order valence-corrected chi connectivity index (χ0v) is 15.9. The zero-order valence-electron chi connectivity index (χ0n) is 15.9. The van der Waals surface area contributed by atoms with E-state index < -0.39 is 0 Å². The van der Waals surface area contributed by atoms with Gasteiger partial charge in [0.2, 0.25) is 0 Å². The van der Waals surface area contributed by atoms with E-state index >= 15 is 0 Å². The van der Waals surface area contributed by atoms with Crippen LogP contribution < -0.4 is 15.4 Å². The lowest BCUT2D eigenvalue weighted by Crippen LogP contribution is -2.19. The largest absolute Gasteiger partial charge is 0.455 e. The fourth-order valence-electron chi connectivity index (χ4n) is 3.16. The topological polar surface area (TPSA) is 68.3 Å². The number of anilines is 3. The van der Waals surface area contributed by atoms with Crippen LogP contribution in [0.1, 0.15) is 18.7 Å². The molecule has 0 aliphatic carbocycles. The van der Waals surface area contributed by atoms with E-state index in [1.54, 1.807) is 0 Å². The van der Waals surface area contributed by atoms with Crippen molar-refractivity contribution in [3.05, 3.63) is 66.5 Å². The lowest BCUT2D eigenvalue weighted by atomic mass is 10.2. The molecule has 1 fully saturated rings. The smallest absolute Gasteiger partial charge is 0.150 e. The summed E-state index contributed by atoms with van der Waals surface area (Å²) in [4.78, 5) is 8.99. The second-order valence-corrected chi connectivity index (χ2v) is 6.74. The molecule has 0 saturated carbocycles. The van der Waals surface area contributed by atoms with Crippen molar-refractivity contribution < 1.29 is 9.47 Å². The van der Waals surface area contributed by atoms with Crippen LogP contribution in [0.4, 0.5) is 17.3 Å². The van der Waals surface area contributed by atoms with Crippen LogP contribution >= 0.6 is 0 Å². The Morgan fingerprint density at radius 3 is 2.64 bits per heavy atom. The molecule has 2 aromatic carbocycles. The van der Waals surface area contributed by atoms with Gasteiger partial charge in [0.05, 0.1) is 11.8 Å². The molecule has 0 spiro atoms. The maximum Gasteiger partial charge on any atom is 0.150 e. The Morgan fingerprint density at radius 2 is 1.82 bits per heavy atom. The third-order valence-corrected chi connectivity index (χ3v) is 4.49. The van der Waals surface area contributed by atoms with Gasteiger partial charge in [-0.3, -0.25) is 0 Å². The molecule has 2 N–H and O–H groups in total. The van der Waals surface area contributed by atoms with Crippen molar-refractivity contribution in [2.24, 2.45) is 0 Å². The number of hydrogen-bond acceptors (Lipinski definition) is 6. The second-order valence-electron chi connectivity index (χ2n) is 6.74. The molecule has 1 saturated heterocycles. The molecule has 0 radical (unpaired) electrons. The minimum absolute atomic E-state index is 0.256. The first-order valence-corrected chi connectivity index (χ1v) is 9.56. The van der Waals surface area contributed by atoms with Crippen molar-refractivity contribution in [3.63, 3.8) is 0 Å². The Hall–Kier alpha value is -3.12. The third-order valence-electron chi connectivity index (χ3n) is 4.49. The van der Waals surface area contributed by atoms with Gasteiger partial charge in [0.1, 0.15) is 23.2 Å². The predicted octanol–water partition coefficient (Wildman–Crippen LogP) is 4.91. The zero-order chi connectivity index (χ0) is 19.2. The number of para-hydroxylation sites is 3. The molecule has 28 heavy (non-hydrogen) atoms. The van der Waals surface area contributed by atoms with Gasteiger partial charge in [-0.1, -0.05) is 30.3 Å². The molecule has 3 aromatic rings. The summed E-state index contributed by atoms with van der Waals surface area (Å²) < 4.78 is 11.7. The van der Waals surface area contributed by atoms with Crippen LogP contribution in [0.5, 0.6) is 11.5 Å². The van der Waals surface area contributed by atoms with Crippen LogP contribution in [0.25, 0.3) is 0 Å². The Balaban J connectivity index is 1.49. The molecular formula is C22H24N4O2. The molecular weight excluding hydrogens is 352 g/mol. The summed E-state index contributed by atoms with van der Waals surface area (Å²) in [5.74, 6) is 3.72. The van der Waals surface area contributed by atoms with Crippen molar-refractivity contribution in [2.45, 2.75) is 25.9 Å². The van der Waals surface area contributed by atoms with Crippen molar-refractivity contribution in [1.29, 1.82) is 0 Å². The summed E-state index contributed by atoms with van der Waals surface area (Å²) in [5.41, 5.74) is 0.842. The van der Waals surface area contributed by atoms with Gasteiger partial charge in [0.25, 0.3) is 0 Å². The van der Waals surface area contributed by atoms with Gasteiger partial charge in [-0.15, -0.1) is 0 Å². The number of aryl methyl sites for hydroxylation is 1. The molecule has 1 aliphatic heterocycles. The van der Waals surface area contributed by atoms with Crippen LogP contribution in [0.3, 0.4) is 0 Å². The first kappa shape index (κ1) is 18.3. The van der Waals surface area contributed by atoms with E-state index in [4.69, 9.17) is 9.47 Å². The van der Waals surface area contributed by atoms with Crippen molar-refractivity contribution in [1.82, 2.24) is 9.97 Å². The summed E-state index contributed by atoms with van der Waals surface area (Å²) in [6, 6.07) is 19.4. The molecule has 6 heteroatoms. The Labute approximate surface area is 164 Å². The number of hydrogen-bond donors (Lipinski definition) is 2. The van der Waals surface area contributed by atoms with Crippen molar-refractivity contribution in [3.8, 4) is 11.5 Å². The molecule has 6 nitrogen and oxygen atoms in total. The molecule has 2 heterocycles. The van der Waals surface area contributed by atoms with Crippen LogP contribution in [-0.2, 0) is 4.74 Å². The molecule has 0 bridgehead atoms. The fourth-order valence-corrected chi connectivity index (χ4v) is 3.16. The highest BCUT2D eigenvalue weighted by Crippen LogP contribution is 2.31. The molecule has 0 amide bonds. The minimum atomic E-state index is 0.256. The van der Waals surface area contributed by atoms with Crippen LogP contribution in [0.15, 0.2) is 60.7 Å². The molecule has 1 atom stereocenters. The van der Waals surface area contributed by atoms with E-state index in [1.165, 1.54) is 0 Å². The second kappa shape index (κ2) is 8.71. The maximum absolute atomic E-state index is 6.02. The fraction of sp³-hybridized carbons (Fsp3) is 0.273. The summed E-state index contributed by atoms with van der Waals surface area (Å²) >= 11 is 0. The number of rotatable bonds is 7. The van der Waals surface area contributed by atoms with Gasteiger partial charge in [-0.05, 0) is 44.0 Å². The number of benzene rings is 2. The van der Waals surface area contributed by atoms with E-state index in [0.29, 0.717) is 11.6 Å². The van der Waals surface area contributed by atoms with Gasteiger partial charge < -0.3 is 20.1 Å². The van der Waals surface area contributed by atoms with Crippen molar-refractivity contribution in [2.75, 3.05) is 23.8 Å². The highest BCUT2D eigenvalue weighted by Gasteiger charge is 2.15. The quantitative estimate of drug-likeness (QED) is 0.610. The number of nitrogens with one attached hydrogen (secondary N) is 2. The van der Waals surface area contributed by atoms with E-state index in [0.717, 1.165) is 49.0 Å². The molecule has 1 aliphatic rings. The first-order chi connectivity index (χ1) is 13.8. The minimum Gasteiger partial charge on any atom is -0.455 e. The van der Waals surface area contributed by atoms with E-state index in [2.05, 4.69) is 20.6 Å². The summed E-state index contributed by atoms with van der Waals surface area (Å²) in [7, 11) is 0. The standard InChI is InChI=1S/C22H24N4O2/c1-16-24-21(23-15-18-10-7-13-27-18)14-22(25-16)26-19-11-5-6-12-20(19)28-17-8-3-2-4-9-17/h2-6,8-9,11-12,14,18H,7,10,13,15H2,1H3,(H2,23,24,25,26). The van der Waals surface area contributed by atoms with Crippen LogP contribution in [0, 0.1) is 6.92 Å². The molecule has 4 rings (SSSR count). The number of ether oxygens (including phenoxy) is 2. The van der Waals surface area contributed by atoms with Crippen molar-refractivity contribution >= 4 is 17.3 Å². The summed E-state index contributed by atoms with van der Waals surface area (Å²) in [6.07, 6.45) is 2.47. The monoisotopic (exact) mass is 376 g/mol. The Kier molecular flexibility index (Phi) is 5.68. The summed E-state index contributed by atoms with van der Waals surface area (Å²) in [6.45, 7) is 3.48. The van der Waals surface area contributed by atoms with E-state index in [9.17, 15) is 0 Å². The van der Waals surface area contributed by atoms with Crippen LogP contribution in [-0.4, -0.2) is 29.2 Å². The van der Waals surface area contributed by atoms with Gasteiger partial charge in [-0.2, -0.15) is 0 Å². The van der Waals surface area contributed by atoms with E-state index in [1.807, 2.05) is 67.6 Å². The first-order valence-electron chi connectivity index (χ1n) is 9.56. The Morgan fingerprint density at radius 1 is 1.04 bits per heavy atom. The molecule has 144 valence electrons. The average Bonchev–Trinajstić information content (AvgIpc) is 3.22. The predicted molar refractivity (Wildman–Crippen MR) is 110 cm³/mol. The molecule has 1 aromatic heterocycles. The third kappa shape index (κ3) is 4.78. The van der Waals surface area contributed by atoms with Gasteiger partial charge in [0, 0.05) is 19.2 Å². The number of aromatic nitrogens is 2. The van der Waals surface area contributed by atoms with Gasteiger partial charge >= 0.3 is 0 Å². The maximum atomic E-state index is 6.02. The average molecular weight is 376 g/mol. The SMILES string of the molecule is Cc1nc(NCC2CCCO2)cc(Nc2ccccc2Oc2ccccc2)n1. The lowest BCUT2D eigenvalue weighted by Gasteiger charge is -2.15. The molecule has 1 unspecified atom stereocenters. The summed E-state index contributed by atoms with van der Waals surface area (Å²) in [5, 5.41) is 6.72. The van der Waals surface area contributed by atoms with E-state index in [-0.39, 0.29) is 6.10 Å². The lowest BCUT2D eigenvalue weighted by molar-refractivity contribution is 0.120.